The molecule has 0 aliphatic rings. The number of pyridine rings is 1. The van der Waals surface area contributed by atoms with Gasteiger partial charge in [-0.25, -0.2) is 0 Å². The van der Waals surface area contributed by atoms with E-state index in [4.69, 9.17) is 4.52 Å². The molecule has 0 N–H and O–H groups in total. The van der Waals surface area contributed by atoms with E-state index in [2.05, 4.69) is 15.1 Å². The molecule has 0 fully saturated rings. The second-order valence-electron chi connectivity index (χ2n) is 5.65. The minimum atomic E-state index is 0.0365. The van der Waals surface area contributed by atoms with Crippen molar-refractivity contribution in [2.75, 3.05) is 11.4 Å². The lowest BCUT2D eigenvalue weighted by Crippen LogP contribution is -2.31. The fourth-order valence-corrected chi connectivity index (χ4v) is 2.65. The Morgan fingerprint density at radius 2 is 1.96 bits per heavy atom. The summed E-state index contributed by atoms with van der Waals surface area (Å²) in [5, 5.41) is 3.93. The van der Waals surface area contributed by atoms with Gasteiger partial charge < -0.3 is 9.42 Å². The van der Waals surface area contributed by atoms with Gasteiger partial charge in [0.05, 0.1) is 0 Å². The second kappa shape index (κ2) is 7.70. The molecule has 0 aliphatic carbocycles. The molecule has 128 valence electrons. The first-order chi connectivity index (χ1) is 12.2. The molecule has 0 saturated heterocycles. The van der Waals surface area contributed by atoms with Crippen LogP contribution in [-0.4, -0.2) is 27.6 Å². The molecule has 2 heterocycles. The third kappa shape index (κ3) is 3.91. The van der Waals surface area contributed by atoms with Gasteiger partial charge in [-0.1, -0.05) is 29.4 Å². The van der Waals surface area contributed by atoms with Crippen LogP contribution in [-0.2, 0) is 11.2 Å². The fourth-order valence-electron chi connectivity index (χ4n) is 2.65. The number of para-hydroxylation sites is 1. The molecule has 3 rings (SSSR count). The Morgan fingerprint density at radius 3 is 2.68 bits per heavy atom. The van der Waals surface area contributed by atoms with E-state index in [9.17, 15) is 4.79 Å². The number of benzene rings is 1. The third-order valence-corrected chi connectivity index (χ3v) is 3.94. The minimum Gasteiger partial charge on any atom is -0.339 e. The molecule has 0 radical (unpaired) electrons. The number of amides is 1. The summed E-state index contributed by atoms with van der Waals surface area (Å²) in [6.45, 7) is 4.59. The highest BCUT2D eigenvalue weighted by molar-refractivity contribution is 5.94. The molecule has 0 unspecified atom stereocenters. The molecule has 2 aromatic heterocycles. The average molecular weight is 336 g/mol. The summed E-state index contributed by atoms with van der Waals surface area (Å²) in [4.78, 5) is 22.9. The van der Waals surface area contributed by atoms with Crippen LogP contribution in [0.1, 0.15) is 24.8 Å². The predicted octanol–water partition coefficient (Wildman–Crippen LogP) is 3.43. The molecule has 0 aliphatic heterocycles. The lowest BCUT2D eigenvalue weighted by molar-refractivity contribution is -0.118. The zero-order valence-electron chi connectivity index (χ0n) is 14.3. The number of hydrogen-bond acceptors (Lipinski definition) is 5. The van der Waals surface area contributed by atoms with Gasteiger partial charge in [0.1, 0.15) is 5.69 Å². The van der Waals surface area contributed by atoms with Gasteiger partial charge in [-0.05, 0) is 37.6 Å². The quantitative estimate of drug-likeness (QED) is 0.689. The van der Waals surface area contributed by atoms with Crippen molar-refractivity contribution in [3.8, 4) is 11.5 Å². The summed E-state index contributed by atoms with van der Waals surface area (Å²) >= 11 is 0. The van der Waals surface area contributed by atoms with Crippen LogP contribution in [0.5, 0.6) is 0 Å². The lowest BCUT2D eigenvalue weighted by Gasteiger charge is -2.22. The number of carbonyl (C=O) groups is 1. The molecule has 0 atom stereocenters. The molecular weight excluding hydrogens is 316 g/mol. The van der Waals surface area contributed by atoms with E-state index in [1.165, 1.54) is 0 Å². The van der Waals surface area contributed by atoms with Crippen molar-refractivity contribution in [1.29, 1.82) is 0 Å². The van der Waals surface area contributed by atoms with Gasteiger partial charge in [-0.3, -0.25) is 9.78 Å². The largest absolute Gasteiger partial charge is 0.339 e. The summed E-state index contributed by atoms with van der Waals surface area (Å²) < 4.78 is 5.24. The number of aryl methyl sites for hydroxylation is 2. The number of carbonyl (C=O) groups excluding carboxylic acids is 1. The maximum atomic E-state index is 12.6. The van der Waals surface area contributed by atoms with E-state index in [1.807, 2.05) is 56.3 Å². The number of hydrogen-bond donors (Lipinski definition) is 0. The Bertz CT molecular complexity index is 845. The maximum Gasteiger partial charge on any atom is 0.227 e. The van der Waals surface area contributed by atoms with E-state index >= 15 is 0 Å². The third-order valence-electron chi connectivity index (χ3n) is 3.94. The highest BCUT2D eigenvalue weighted by Gasteiger charge is 2.17. The normalized spacial score (nSPS) is 10.6. The Kier molecular flexibility index (Phi) is 5.18. The van der Waals surface area contributed by atoms with Gasteiger partial charge in [-0.2, -0.15) is 4.98 Å². The van der Waals surface area contributed by atoms with Crippen LogP contribution >= 0.6 is 0 Å². The number of anilines is 1. The van der Waals surface area contributed by atoms with Crippen molar-refractivity contribution < 1.29 is 9.32 Å². The van der Waals surface area contributed by atoms with E-state index in [0.29, 0.717) is 36.8 Å². The number of rotatable bonds is 6. The number of nitrogens with zero attached hydrogens (tertiary/aromatic N) is 4. The van der Waals surface area contributed by atoms with Gasteiger partial charge in [0.2, 0.25) is 17.6 Å². The van der Waals surface area contributed by atoms with Crippen molar-refractivity contribution in [1.82, 2.24) is 15.1 Å². The van der Waals surface area contributed by atoms with E-state index in [0.717, 1.165) is 11.3 Å². The van der Waals surface area contributed by atoms with Gasteiger partial charge in [0.15, 0.2) is 0 Å². The molecule has 6 nitrogen and oxygen atoms in total. The van der Waals surface area contributed by atoms with Crippen LogP contribution in [0.4, 0.5) is 5.69 Å². The highest BCUT2D eigenvalue weighted by atomic mass is 16.5. The summed E-state index contributed by atoms with van der Waals surface area (Å²) in [5.41, 5.74) is 2.67. The van der Waals surface area contributed by atoms with Gasteiger partial charge >= 0.3 is 0 Å². The average Bonchev–Trinajstić information content (AvgIpc) is 3.12. The predicted molar refractivity (Wildman–Crippen MR) is 95.1 cm³/mol. The Hall–Kier alpha value is -3.02. The van der Waals surface area contributed by atoms with Crippen LogP contribution in [0.2, 0.25) is 0 Å². The van der Waals surface area contributed by atoms with Crippen LogP contribution in [0, 0.1) is 6.92 Å². The SMILES string of the molecule is CCN(C(=O)CCc1nc(-c2ccccn2)no1)c1ccccc1C. The van der Waals surface area contributed by atoms with Gasteiger partial charge in [0, 0.05) is 31.3 Å². The first-order valence-corrected chi connectivity index (χ1v) is 8.29. The molecule has 1 amide bonds. The van der Waals surface area contributed by atoms with Crippen molar-refractivity contribution in [2.45, 2.75) is 26.7 Å². The summed E-state index contributed by atoms with van der Waals surface area (Å²) in [6, 6.07) is 13.4. The van der Waals surface area contributed by atoms with Crippen molar-refractivity contribution >= 4 is 11.6 Å². The molecule has 1 aromatic carbocycles. The molecule has 25 heavy (non-hydrogen) atoms. The molecule has 0 saturated carbocycles. The monoisotopic (exact) mass is 336 g/mol. The highest BCUT2D eigenvalue weighted by Crippen LogP contribution is 2.20. The summed E-state index contributed by atoms with van der Waals surface area (Å²) in [6.07, 6.45) is 2.39. The van der Waals surface area contributed by atoms with Crippen LogP contribution < -0.4 is 4.90 Å². The zero-order chi connectivity index (χ0) is 17.6. The standard InChI is InChI=1S/C19H20N4O2/c1-3-23(16-10-5-4-8-14(16)2)18(24)12-11-17-21-19(22-25-17)15-9-6-7-13-20-15/h4-10,13H,3,11-12H2,1-2H3. The Morgan fingerprint density at radius 1 is 1.16 bits per heavy atom. The zero-order valence-corrected chi connectivity index (χ0v) is 14.3. The smallest absolute Gasteiger partial charge is 0.227 e. The van der Waals surface area contributed by atoms with Crippen molar-refractivity contribution in [3.05, 3.63) is 60.1 Å². The first kappa shape index (κ1) is 16.8. The minimum absolute atomic E-state index is 0.0365. The van der Waals surface area contributed by atoms with E-state index < -0.39 is 0 Å². The van der Waals surface area contributed by atoms with Crippen LogP contribution in [0.15, 0.2) is 53.2 Å². The Balaban J connectivity index is 1.66. The molecule has 6 heteroatoms. The molecule has 0 spiro atoms. The van der Waals surface area contributed by atoms with Gasteiger partial charge in [0.25, 0.3) is 0 Å². The lowest BCUT2D eigenvalue weighted by atomic mass is 10.1. The molecule has 0 bridgehead atoms. The summed E-state index contributed by atoms with van der Waals surface area (Å²) in [5.74, 6) is 0.915. The van der Waals surface area contributed by atoms with Gasteiger partial charge in [-0.15, -0.1) is 0 Å². The van der Waals surface area contributed by atoms with Crippen molar-refractivity contribution in [3.63, 3.8) is 0 Å². The second-order valence-corrected chi connectivity index (χ2v) is 5.65. The summed E-state index contributed by atoms with van der Waals surface area (Å²) in [7, 11) is 0. The van der Waals surface area contributed by atoms with Crippen molar-refractivity contribution in [2.24, 2.45) is 0 Å². The Labute approximate surface area is 146 Å². The fraction of sp³-hybridized carbons (Fsp3) is 0.263. The first-order valence-electron chi connectivity index (χ1n) is 8.29. The van der Waals surface area contributed by atoms with Crippen LogP contribution in [0.3, 0.4) is 0 Å². The van der Waals surface area contributed by atoms with E-state index in [-0.39, 0.29) is 5.91 Å². The van der Waals surface area contributed by atoms with Crippen LogP contribution in [0.25, 0.3) is 11.5 Å². The molecular formula is C19H20N4O2. The topological polar surface area (TPSA) is 72.1 Å². The number of aromatic nitrogens is 3. The molecule has 3 aromatic rings. The maximum absolute atomic E-state index is 12.6. The van der Waals surface area contributed by atoms with E-state index in [1.54, 1.807) is 11.1 Å².